The lowest BCUT2D eigenvalue weighted by Crippen LogP contribution is -2.37. The highest BCUT2D eigenvalue weighted by Crippen LogP contribution is 2.13. The highest BCUT2D eigenvalue weighted by atomic mass is 16.5. The number of anilines is 1. The summed E-state index contributed by atoms with van der Waals surface area (Å²) in [6, 6.07) is 3.29. The molecule has 110 valence electrons. The monoisotopic (exact) mass is 280 g/mol. The van der Waals surface area contributed by atoms with E-state index < -0.39 is 0 Å². The second kappa shape index (κ2) is 7.42. The number of amides is 1. The molecule has 0 aliphatic rings. The molecule has 7 nitrogen and oxygen atoms in total. The van der Waals surface area contributed by atoms with Crippen molar-refractivity contribution in [2.45, 2.75) is 26.8 Å². The van der Waals surface area contributed by atoms with Gasteiger partial charge in [0.25, 0.3) is 5.91 Å². The van der Waals surface area contributed by atoms with Crippen molar-refractivity contribution in [2.75, 3.05) is 25.1 Å². The zero-order valence-corrected chi connectivity index (χ0v) is 12.2. The van der Waals surface area contributed by atoms with Gasteiger partial charge in [-0.05, 0) is 32.9 Å². The number of carbonyl (C=O) groups excluding carboxylic acids is 2. The molecule has 0 saturated heterocycles. The number of esters is 1. The predicted molar refractivity (Wildman–Crippen MR) is 74.5 cm³/mol. The Hall–Kier alpha value is -2.18. The standard InChI is InChI=1S/C13H20N4O3/c1-5-20-12(18)8-17(9(2)3)11-7-6-10(15-16-11)13(19)14-4/h6-7,9H,5,8H2,1-4H3,(H,14,19). The van der Waals surface area contributed by atoms with Crippen LogP contribution in [-0.2, 0) is 9.53 Å². The van der Waals surface area contributed by atoms with Crippen molar-refractivity contribution >= 4 is 17.7 Å². The Kier molecular flexibility index (Phi) is 5.89. The molecule has 1 amide bonds. The highest BCUT2D eigenvalue weighted by Gasteiger charge is 2.17. The van der Waals surface area contributed by atoms with E-state index >= 15 is 0 Å². The molecular weight excluding hydrogens is 260 g/mol. The third-order valence-corrected chi connectivity index (χ3v) is 2.63. The quantitative estimate of drug-likeness (QED) is 0.769. The summed E-state index contributed by atoms with van der Waals surface area (Å²) in [6.45, 7) is 6.07. The SMILES string of the molecule is CCOC(=O)CN(c1ccc(C(=O)NC)nn1)C(C)C. The van der Waals surface area contributed by atoms with Gasteiger partial charge in [0.15, 0.2) is 11.5 Å². The molecule has 0 aliphatic heterocycles. The first-order valence-electron chi connectivity index (χ1n) is 6.47. The van der Waals surface area contributed by atoms with Gasteiger partial charge in [-0.15, -0.1) is 10.2 Å². The summed E-state index contributed by atoms with van der Waals surface area (Å²) >= 11 is 0. The lowest BCUT2D eigenvalue weighted by molar-refractivity contribution is -0.141. The molecule has 1 rings (SSSR count). The Labute approximate surface area is 118 Å². The fourth-order valence-corrected chi connectivity index (χ4v) is 1.60. The van der Waals surface area contributed by atoms with Crippen molar-refractivity contribution in [3.63, 3.8) is 0 Å². The number of nitrogens with zero attached hydrogens (tertiary/aromatic N) is 3. The molecule has 0 fully saturated rings. The minimum atomic E-state index is -0.321. The molecule has 0 atom stereocenters. The van der Waals surface area contributed by atoms with Crippen molar-refractivity contribution in [3.05, 3.63) is 17.8 Å². The van der Waals surface area contributed by atoms with E-state index in [-0.39, 0.29) is 30.2 Å². The van der Waals surface area contributed by atoms with Gasteiger partial charge in [0, 0.05) is 13.1 Å². The fourth-order valence-electron chi connectivity index (χ4n) is 1.60. The van der Waals surface area contributed by atoms with Gasteiger partial charge in [0.05, 0.1) is 6.61 Å². The van der Waals surface area contributed by atoms with E-state index in [0.717, 1.165) is 0 Å². The smallest absolute Gasteiger partial charge is 0.325 e. The number of aromatic nitrogens is 2. The van der Waals surface area contributed by atoms with Crippen LogP contribution >= 0.6 is 0 Å². The normalized spacial score (nSPS) is 10.2. The van der Waals surface area contributed by atoms with Crippen molar-refractivity contribution in [3.8, 4) is 0 Å². The minimum Gasteiger partial charge on any atom is -0.465 e. The molecule has 1 aromatic rings. The molecule has 0 unspecified atom stereocenters. The van der Waals surface area contributed by atoms with Crippen LogP contribution in [0.15, 0.2) is 12.1 Å². The molecule has 0 bridgehead atoms. The highest BCUT2D eigenvalue weighted by molar-refractivity contribution is 5.91. The van der Waals surface area contributed by atoms with Gasteiger partial charge in [0.2, 0.25) is 0 Å². The fraction of sp³-hybridized carbons (Fsp3) is 0.538. The van der Waals surface area contributed by atoms with Crippen LogP contribution in [0.2, 0.25) is 0 Å². The van der Waals surface area contributed by atoms with Gasteiger partial charge in [-0.3, -0.25) is 9.59 Å². The van der Waals surface area contributed by atoms with Crippen LogP contribution in [0.5, 0.6) is 0 Å². The van der Waals surface area contributed by atoms with E-state index in [4.69, 9.17) is 4.74 Å². The number of rotatable bonds is 6. The van der Waals surface area contributed by atoms with Crippen LogP contribution < -0.4 is 10.2 Å². The molecule has 1 N–H and O–H groups in total. The summed E-state index contributed by atoms with van der Waals surface area (Å²) in [4.78, 5) is 24.7. The average molecular weight is 280 g/mol. The summed E-state index contributed by atoms with van der Waals surface area (Å²) in [5, 5.41) is 10.3. The third kappa shape index (κ3) is 4.18. The number of hydrogen-bond donors (Lipinski definition) is 1. The average Bonchev–Trinajstić information content (AvgIpc) is 2.44. The molecule has 1 heterocycles. The Morgan fingerprint density at radius 2 is 2.05 bits per heavy atom. The maximum Gasteiger partial charge on any atom is 0.325 e. The van der Waals surface area contributed by atoms with Crippen molar-refractivity contribution < 1.29 is 14.3 Å². The summed E-state index contributed by atoms with van der Waals surface area (Å²) in [7, 11) is 1.53. The molecule has 0 radical (unpaired) electrons. The topological polar surface area (TPSA) is 84.4 Å². The van der Waals surface area contributed by atoms with E-state index in [2.05, 4.69) is 15.5 Å². The second-order valence-corrected chi connectivity index (χ2v) is 4.38. The second-order valence-electron chi connectivity index (χ2n) is 4.38. The first-order valence-corrected chi connectivity index (χ1v) is 6.47. The van der Waals surface area contributed by atoms with Crippen LogP contribution in [0.3, 0.4) is 0 Å². The maximum absolute atomic E-state index is 11.6. The zero-order valence-electron chi connectivity index (χ0n) is 12.2. The van der Waals surface area contributed by atoms with E-state index in [1.54, 1.807) is 24.0 Å². The van der Waals surface area contributed by atoms with E-state index in [9.17, 15) is 9.59 Å². The van der Waals surface area contributed by atoms with E-state index in [0.29, 0.717) is 12.4 Å². The molecule has 0 saturated carbocycles. The predicted octanol–water partition coefficient (Wildman–Crippen LogP) is 0.614. The largest absolute Gasteiger partial charge is 0.465 e. The van der Waals surface area contributed by atoms with Gasteiger partial charge in [-0.25, -0.2) is 0 Å². The number of ether oxygens (including phenoxy) is 1. The van der Waals surface area contributed by atoms with Crippen LogP contribution in [0.25, 0.3) is 0 Å². The zero-order chi connectivity index (χ0) is 15.1. The summed E-state index contributed by atoms with van der Waals surface area (Å²) in [6.07, 6.45) is 0. The molecule has 0 aromatic carbocycles. The molecule has 0 aliphatic carbocycles. The molecule has 0 spiro atoms. The first kappa shape index (κ1) is 15.9. The molecule has 20 heavy (non-hydrogen) atoms. The maximum atomic E-state index is 11.6. The Balaban J connectivity index is 2.87. The van der Waals surface area contributed by atoms with Crippen molar-refractivity contribution in [2.24, 2.45) is 0 Å². The van der Waals surface area contributed by atoms with Crippen molar-refractivity contribution in [1.82, 2.24) is 15.5 Å². The first-order chi connectivity index (χ1) is 9.49. The Morgan fingerprint density at radius 1 is 1.35 bits per heavy atom. The molecular formula is C13H20N4O3. The van der Waals surface area contributed by atoms with Gasteiger partial charge in [0.1, 0.15) is 6.54 Å². The summed E-state index contributed by atoms with van der Waals surface area (Å²) in [5.74, 6) is -0.0929. The lowest BCUT2D eigenvalue weighted by Gasteiger charge is -2.26. The minimum absolute atomic E-state index is 0.0551. The Bertz CT molecular complexity index is 459. The number of carbonyl (C=O) groups is 2. The van der Waals surface area contributed by atoms with Gasteiger partial charge >= 0.3 is 5.97 Å². The molecule has 1 aromatic heterocycles. The summed E-state index contributed by atoms with van der Waals surface area (Å²) in [5.41, 5.74) is 0.232. The van der Waals surface area contributed by atoms with Gasteiger partial charge < -0.3 is 15.0 Å². The molecule has 7 heteroatoms. The summed E-state index contributed by atoms with van der Waals surface area (Å²) < 4.78 is 4.93. The lowest BCUT2D eigenvalue weighted by atomic mass is 10.3. The van der Waals surface area contributed by atoms with E-state index in [1.165, 1.54) is 7.05 Å². The third-order valence-electron chi connectivity index (χ3n) is 2.63. The van der Waals surface area contributed by atoms with Crippen LogP contribution in [-0.4, -0.2) is 48.3 Å². The number of hydrogen-bond acceptors (Lipinski definition) is 6. The van der Waals surface area contributed by atoms with Crippen molar-refractivity contribution in [1.29, 1.82) is 0 Å². The van der Waals surface area contributed by atoms with Gasteiger partial charge in [-0.1, -0.05) is 0 Å². The van der Waals surface area contributed by atoms with E-state index in [1.807, 2.05) is 13.8 Å². The van der Waals surface area contributed by atoms with Crippen LogP contribution in [0.1, 0.15) is 31.3 Å². The Morgan fingerprint density at radius 3 is 2.50 bits per heavy atom. The van der Waals surface area contributed by atoms with Gasteiger partial charge in [-0.2, -0.15) is 0 Å². The van der Waals surface area contributed by atoms with Crippen LogP contribution in [0.4, 0.5) is 5.82 Å². The number of nitrogens with one attached hydrogen (secondary N) is 1. The van der Waals surface area contributed by atoms with Crippen LogP contribution in [0, 0.1) is 0 Å².